The number of aryl methyl sites for hydroxylation is 4. The molecule has 2 heterocycles. The fraction of sp³-hybridized carbons (Fsp3) is 0.158. The first-order chi connectivity index (χ1) is 24.1. The van der Waals surface area contributed by atoms with Crippen molar-refractivity contribution in [1.29, 1.82) is 0 Å². The van der Waals surface area contributed by atoms with E-state index < -0.39 is 5.24 Å². The Hall–Kier alpha value is -5.29. The van der Waals surface area contributed by atoms with Crippen LogP contribution in [0.1, 0.15) is 43.5 Å². The quantitative estimate of drug-likeness (QED) is 0.101. The van der Waals surface area contributed by atoms with Crippen molar-refractivity contribution < 1.29 is 9.59 Å². The van der Waals surface area contributed by atoms with Crippen LogP contribution in [-0.4, -0.2) is 30.7 Å². The number of carbonyl (C=O) groups is 2. The van der Waals surface area contributed by atoms with Crippen LogP contribution in [0.5, 0.6) is 0 Å². The highest BCUT2D eigenvalue weighted by molar-refractivity contribution is 6.67. The molecule has 0 aliphatic heterocycles. The van der Waals surface area contributed by atoms with E-state index in [-0.39, 0.29) is 5.91 Å². The molecule has 6 aromatic rings. The van der Waals surface area contributed by atoms with E-state index in [4.69, 9.17) is 52.0 Å². The average molecular weight is 746 g/mol. The van der Waals surface area contributed by atoms with E-state index in [0.717, 1.165) is 45.0 Å². The fourth-order valence-corrected chi connectivity index (χ4v) is 5.77. The van der Waals surface area contributed by atoms with Gasteiger partial charge in [-0.2, -0.15) is 10.2 Å². The maximum Gasteiger partial charge on any atom is 0.255 e. The second kappa shape index (κ2) is 16.6. The van der Waals surface area contributed by atoms with Crippen LogP contribution in [-0.2, 0) is 14.1 Å². The Bertz CT molecular complexity index is 2190. The third kappa shape index (κ3) is 9.49. The van der Waals surface area contributed by atoms with Crippen molar-refractivity contribution >= 4 is 68.7 Å². The van der Waals surface area contributed by atoms with Crippen molar-refractivity contribution in [2.24, 2.45) is 14.1 Å². The van der Waals surface area contributed by atoms with Crippen LogP contribution in [0.3, 0.4) is 0 Å². The number of hydrogen-bond acceptors (Lipinski definition) is 7. The summed E-state index contributed by atoms with van der Waals surface area (Å²) in [6.07, 6.45) is 0. The smallest absolute Gasteiger partial charge is 0.255 e. The predicted octanol–water partition coefficient (Wildman–Crippen LogP) is 8.78. The van der Waals surface area contributed by atoms with Crippen molar-refractivity contribution in [2.75, 3.05) is 22.5 Å². The minimum absolute atomic E-state index is 0.211. The first-order valence-electron chi connectivity index (χ1n) is 15.6. The SMILES string of the molecule is Cc1nn(C)c(C)c1-c1ccc(N)cc1N.Cc1nn(C)c(C)c1-c1ccc(NC(=O)c2ccc(Cl)cc2)cc1N.O=C(Cl)c1ccc(Cl)cc1. The lowest BCUT2D eigenvalue weighted by Crippen LogP contribution is -2.12. The van der Waals surface area contributed by atoms with Gasteiger partial charge in [-0.25, -0.2) is 0 Å². The van der Waals surface area contributed by atoms with Gasteiger partial charge in [-0.05, 0) is 112 Å². The minimum atomic E-state index is -0.461. The molecule has 0 bridgehead atoms. The van der Waals surface area contributed by atoms with E-state index >= 15 is 0 Å². The van der Waals surface area contributed by atoms with Gasteiger partial charge in [0.25, 0.3) is 11.1 Å². The highest BCUT2D eigenvalue weighted by Crippen LogP contribution is 2.34. The lowest BCUT2D eigenvalue weighted by molar-refractivity contribution is 0.102. The Morgan fingerprint density at radius 3 is 1.45 bits per heavy atom. The predicted molar refractivity (Wildman–Crippen MR) is 211 cm³/mol. The Labute approximate surface area is 312 Å². The number of nitrogens with zero attached hydrogens (tertiary/aromatic N) is 4. The molecular weight excluding hydrogens is 707 g/mol. The molecule has 10 nitrogen and oxygen atoms in total. The zero-order chi connectivity index (χ0) is 37.6. The van der Waals surface area contributed by atoms with Crippen molar-refractivity contribution in [3.63, 3.8) is 0 Å². The van der Waals surface area contributed by atoms with E-state index in [1.807, 2.05) is 75.4 Å². The molecule has 7 N–H and O–H groups in total. The number of rotatable bonds is 5. The maximum atomic E-state index is 12.3. The average Bonchev–Trinajstić information content (AvgIpc) is 3.48. The van der Waals surface area contributed by atoms with Gasteiger partial charge in [-0.1, -0.05) is 35.3 Å². The summed E-state index contributed by atoms with van der Waals surface area (Å²) in [5.74, 6) is -0.211. The zero-order valence-electron chi connectivity index (χ0n) is 29.1. The van der Waals surface area contributed by atoms with Gasteiger partial charge >= 0.3 is 0 Å². The summed E-state index contributed by atoms with van der Waals surface area (Å²) >= 11 is 16.6. The van der Waals surface area contributed by atoms with Gasteiger partial charge in [-0.15, -0.1) is 0 Å². The number of aromatic nitrogens is 4. The topological polar surface area (TPSA) is 160 Å². The van der Waals surface area contributed by atoms with Crippen LogP contribution < -0.4 is 22.5 Å². The van der Waals surface area contributed by atoms with Gasteiger partial charge in [0, 0.05) is 91.7 Å². The summed E-state index contributed by atoms with van der Waals surface area (Å²) in [5.41, 5.74) is 29.6. The van der Waals surface area contributed by atoms with Gasteiger partial charge in [-0.3, -0.25) is 19.0 Å². The van der Waals surface area contributed by atoms with Crippen LogP contribution in [0, 0.1) is 27.7 Å². The van der Waals surface area contributed by atoms with Gasteiger partial charge in [0.15, 0.2) is 0 Å². The Morgan fingerprint density at radius 1 is 0.627 bits per heavy atom. The maximum absolute atomic E-state index is 12.3. The van der Waals surface area contributed by atoms with Crippen LogP contribution >= 0.6 is 34.8 Å². The summed E-state index contributed by atoms with van der Waals surface area (Å²) in [6.45, 7) is 7.98. The van der Waals surface area contributed by atoms with E-state index in [2.05, 4.69) is 15.5 Å². The van der Waals surface area contributed by atoms with Crippen LogP contribution in [0.15, 0.2) is 84.9 Å². The Morgan fingerprint density at radius 2 is 1.06 bits per heavy atom. The standard InChI is InChI=1S/C19H19ClN4O.C12H16N4.C7H4Cl2O/c1-11-18(12(2)24(3)23-11)16-9-8-15(10-17(16)21)22-19(25)13-4-6-14(20)7-5-13;1-7-12(8(2)16(3)15-7)10-5-4-9(13)6-11(10)14;8-6-3-1-5(2-4-6)7(9)10/h4-10H,21H2,1-3H3,(H,22,25);4-6H,13-14H2,1-3H3;1-4H. The monoisotopic (exact) mass is 744 g/mol. The summed E-state index contributed by atoms with van der Waals surface area (Å²) in [6, 6.07) is 24.2. The third-order valence-electron chi connectivity index (χ3n) is 8.12. The van der Waals surface area contributed by atoms with Gasteiger partial charge in [0.1, 0.15) is 0 Å². The van der Waals surface area contributed by atoms with E-state index in [0.29, 0.717) is 43.9 Å². The molecule has 1 amide bonds. The number of halogens is 3. The van der Waals surface area contributed by atoms with E-state index in [9.17, 15) is 9.59 Å². The van der Waals surface area contributed by atoms with Gasteiger partial charge in [0.2, 0.25) is 0 Å². The van der Waals surface area contributed by atoms with Crippen molar-refractivity contribution in [3.05, 3.63) is 129 Å². The highest BCUT2D eigenvalue weighted by atomic mass is 35.5. The third-order valence-corrected chi connectivity index (χ3v) is 8.84. The molecule has 264 valence electrons. The van der Waals surface area contributed by atoms with Crippen molar-refractivity contribution in [2.45, 2.75) is 27.7 Å². The number of nitrogens with two attached hydrogens (primary N) is 3. The summed E-state index contributed by atoms with van der Waals surface area (Å²) < 4.78 is 3.70. The molecule has 0 aliphatic carbocycles. The number of nitrogen functional groups attached to an aromatic ring is 3. The van der Waals surface area contributed by atoms with Crippen molar-refractivity contribution in [1.82, 2.24) is 19.6 Å². The van der Waals surface area contributed by atoms with Crippen molar-refractivity contribution in [3.8, 4) is 22.3 Å². The summed E-state index contributed by atoms with van der Waals surface area (Å²) in [7, 11) is 3.84. The Balaban J connectivity index is 0.000000191. The molecule has 13 heteroatoms. The second-order valence-corrected chi connectivity index (χ2v) is 12.9. The van der Waals surface area contributed by atoms with Gasteiger partial charge in [0.05, 0.1) is 11.4 Å². The fourth-order valence-electron chi connectivity index (χ4n) is 5.39. The zero-order valence-corrected chi connectivity index (χ0v) is 31.3. The Kier molecular flexibility index (Phi) is 12.5. The van der Waals surface area contributed by atoms with Crippen LogP contribution in [0.4, 0.5) is 22.7 Å². The number of carbonyl (C=O) groups excluding carboxylic acids is 2. The molecule has 0 atom stereocenters. The van der Waals surface area contributed by atoms with E-state index in [1.165, 1.54) is 0 Å². The molecule has 0 unspecified atom stereocenters. The summed E-state index contributed by atoms with van der Waals surface area (Å²) in [5, 5.41) is 12.4. The van der Waals surface area contributed by atoms with E-state index in [1.54, 1.807) is 60.7 Å². The molecule has 0 radical (unpaired) electrons. The van der Waals surface area contributed by atoms with Crippen LogP contribution in [0.2, 0.25) is 10.0 Å². The number of benzene rings is 4. The molecule has 2 aromatic heterocycles. The number of amides is 1. The molecule has 51 heavy (non-hydrogen) atoms. The first kappa shape index (κ1) is 38.5. The minimum Gasteiger partial charge on any atom is -0.399 e. The molecule has 0 saturated carbocycles. The van der Waals surface area contributed by atoms with Gasteiger partial charge < -0.3 is 22.5 Å². The van der Waals surface area contributed by atoms with Crippen LogP contribution in [0.25, 0.3) is 22.3 Å². The largest absolute Gasteiger partial charge is 0.399 e. The number of nitrogens with one attached hydrogen (secondary N) is 1. The molecule has 0 saturated heterocycles. The lowest BCUT2D eigenvalue weighted by Gasteiger charge is -2.10. The normalized spacial score (nSPS) is 10.5. The second-order valence-electron chi connectivity index (χ2n) is 11.7. The molecule has 6 rings (SSSR count). The lowest BCUT2D eigenvalue weighted by atomic mass is 10.0. The number of anilines is 4. The highest BCUT2D eigenvalue weighted by Gasteiger charge is 2.16. The molecule has 4 aromatic carbocycles. The summed E-state index contributed by atoms with van der Waals surface area (Å²) in [4.78, 5) is 22.8. The first-order valence-corrected chi connectivity index (χ1v) is 16.8. The molecule has 0 spiro atoms. The number of hydrogen-bond donors (Lipinski definition) is 4. The molecule has 0 fully saturated rings. The molecule has 0 aliphatic rings. The molecular formula is C38H39Cl3N8O2.